The smallest absolute Gasteiger partial charge is 0.331 e. The standard InChI is InChI=1S/C18H18ClNO4S/c1-13-8-11-25-16(13)6-7-18(22)24-12-17(21)20-9-10-23-15-4-2-14(19)3-5-15/h2-8,11H,9-10,12H2,1H3,(H,20,21)/b7-6+. The third-order valence-electron chi connectivity index (χ3n) is 3.12. The van der Waals surface area contributed by atoms with Crippen LogP contribution in [-0.4, -0.2) is 31.6 Å². The van der Waals surface area contributed by atoms with Gasteiger partial charge in [0, 0.05) is 16.0 Å². The first-order valence-corrected chi connectivity index (χ1v) is 8.84. The summed E-state index contributed by atoms with van der Waals surface area (Å²) < 4.78 is 10.3. The van der Waals surface area contributed by atoms with Crippen molar-refractivity contribution >= 4 is 40.9 Å². The minimum Gasteiger partial charge on any atom is -0.492 e. The Bertz CT molecular complexity index is 740. The molecule has 0 aliphatic rings. The highest BCUT2D eigenvalue weighted by atomic mass is 35.5. The van der Waals surface area contributed by atoms with Gasteiger partial charge in [-0.3, -0.25) is 4.79 Å². The maximum absolute atomic E-state index is 11.6. The Hall–Kier alpha value is -2.31. The van der Waals surface area contributed by atoms with E-state index < -0.39 is 5.97 Å². The molecular weight excluding hydrogens is 362 g/mol. The maximum Gasteiger partial charge on any atom is 0.331 e. The molecule has 0 saturated heterocycles. The molecule has 1 N–H and O–H groups in total. The molecular formula is C18H18ClNO4S. The first kappa shape index (κ1) is 19.0. The van der Waals surface area contributed by atoms with Crippen LogP contribution in [0.15, 0.2) is 41.8 Å². The Morgan fingerprint density at radius 3 is 2.68 bits per heavy atom. The molecule has 1 amide bonds. The van der Waals surface area contributed by atoms with E-state index in [4.69, 9.17) is 21.1 Å². The lowest BCUT2D eigenvalue weighted by Gasteiger charge is -2.07. The van der Waals surface area contributed by atoms with Crippen LogP contribution >= 0.6 is 22.9 Å². The molecule has 5 nitrogen and oxygen atoms in total. The van der Waals surface area contributed by atoms with Gasteiger partial charge in [-0.05, 0) is 54.3 Å². The van der Waals surface area contributed by atoms with E-state index >= 15 is 0 Å². The summed E-state index contributed by atoms with van der Waals surface area (Å²) in [7, 11) is 0. The van der Waals surface area contributed by atoms with Crippen LogP contribution in [-0.2, 0) is 14.3 Å². The SMILES string of the molecule is Cc1ccsc1/C=C/C(=O)OCC(=O)NCCOc1ccc(Cl)cc1. The van der Waals surface area contributed by atoms with Gasteiger partial charge in [0.15, 0.2) is 6.61 Å². The predicted octanol–water partition coefficient (Wildman–Crippen LogP) is 3.46. The van der Waals surface area contributed by atoms with E-state index in [9.17, 15) is 9.59 Å². The number of hydrogen-bond acceptors (Lipinski definition) is 5. The average Bonchev–Trinajstić information content (AvgIpc) is 3.01. The minimum absolute atomic E-state index is 0.304. The van der Waals surface area contributed by atoms with Crippen molar-refractivity contribution in [1.29, 1.82) is 0 Å². The zero-order valence-electron chi connectivity index (χ0n) is 13.7. The number of esters is 1. The Morgan fingerprint density at radius 2 is 2.00 bits per heavy atom. The number of hydrogen-bond donors (Lipinski definition) is 1. The Kier molecular flexibility index (Phi) is 7.50. The first-order chi connectivity index (χ1) is 12.0. The summed E-state index contributed by atoms with van der Waals surface area (Å²) in [6.45, 7) is 2.25. The summed E-state index contributed by atoms with van der Waals surface area (Å²) in [4.78, 5) is 24.2. The number of nitrogens with one attached hydrogen (secondary N) is 1. The predicted molar refractivity (Wildman–Crippen MR) is 99.0 cm³/mol. The fourth-order valence-corrected chi connectivity index (χ4v) is 2.77. The van der Waals surface area contributed by atoms with Crippen LogP contribution in [0.3, 0.4) is 0 Å². The summed E-state index contributed by atoms with van der Waals surface area (Å²) in [5.74, 6) is -0.270. The van der Waals surface area contributed by atoms with Gasteiger partial charge in [0.1, 0.15) is 12.4 Å². The number of ether oxygens (including phenoxy) is 2. The van der Waals surface area contributed by atoms with Gasteiger partial charge in [0.25, 0.3) is 5.91 Å². The van der Waals surface area contributed by atoms with Crippen molar-refractivity contribution in [3.8, 4) is 5.75 Å². The third kappa shape index (κ3) is 6.99. The number of amides is 1. The normalized spacial score (nSPS) is 10.6. The van der Waals surface area contributed by atoms with E-state index in [1.807, 2.05) is 18.4 Å². The van der Waals surface area contributed by atoms with Gasteiger partial charge in [-0.2, -0.15) is 0 Å². The summed E-state index contributed by atoms with van der Waals surface area (Å²) in [5.41, 5.74) is 1.09. The Morgan fingerprint density at radius 1 is 1.24 bits per heavy atom. The monoisotopic (exact) mass is 379 g/mol. The Labute approximate surface area is 155 Å². The van der Waals surface area contributed by atoms with Crippen LogP contribution in [0.2, 0.25) is 5.02 Å². The van der Waals surface area contributed by atoms with Gasteiger partial charge in [0.05, 0.1) is 6.54 Å². The van der Waals surface area contributed by atoms with Crippen molar-refractivity contribution in [1.82, 2.24) is 5.32 Å². The molecule has 0 aliphatic carbocycles. The van der Waals surface area contributed by atoms with Gasteiger partial charge in [-0.15, -0.1) is 11.3 Å². The largest absolute Gasteiger partial charge is 0.492 e. The second-order valence-electron chi connectivity index (χ2n) is 5.06. The van der Waals surface area contributed by atoms with Gasteiger partial charge in [-0.1, -0.05) is 11.6 Å². The number of aryl methyl sites for hydroxylation is 1. The second-order valence-corrected chi connectivity index (χ2v) is 6.45. The minimum atomic E-state index is -0.555. The van der Waals surface area contributed by atoms with Crippen molar-refractivity contribution in [2.24, 2.45) is 0 Å². The molecule has 0 spiro atoms. The number of benzene rings is 1. The van der Waals surface area contributed by atoms with E-state index in [2.05, 4.69) is 5.32 Å². The molecule has 0 unspecified atom stereocenters. The average molecular weight is 380 g/mol. The van der Waals surface area contributed by atoms with Gasteiger partial charge in [-0.25, -0.2) is 4.79 Å². The zero-order valence-corrected chi connectivity index (χ0v) is 15.2. The molecule has 7 heteroatoms. The van der Waals surface area contributed by atoms with Gasteiger partial charge >= 0.3 is 5.97 Å². The topological polar surface area (TPSA) is 64.6 Å². The van der Waals surface area contributed by atoms with E-state index in [0.717, 1.165) is 10.4 Å². The van der Waals surface area contributed by atoms with Crippen molar-refractivity contribution in [3.63, 3.8) is 0 Å². The van der Waals surface area contributed by atoms with Crippen molar-refractivity contribution in [2.45, 2.75) is 6.92 Å². The Balaban J connectivity index is 1.60. The van der Waals surface area contributed by atoms with E-state index in [0.29, 0.717) is 23.9 Å². The van der Waals surface area contributed by atoms with E-state index in [1.165, 1.54) is 17.4 Å². The van der Waals surface area contributed by atoms with Crippen molar-refractivity contribution in [2.75, 3.05) is 19.8 Å². The summed E-state index contributed by atoms with van der Waals surface area (Å²) in [6.07, 6.45) is 3.00. The molecule has 1 aromatic carbocycles. The van der Waals surface area contributed by atoms with Crippen molar-refractivity contribution < 1.29 is 19.1 Å². The number of halogens is 1. The molecule has 25 heavy (non-hydrogen) atoms. The highest BCUT2D eigenvalue weighted by molar-refractivity contribution is 7.11. The lowest BCUT2D eigenvalue weighted by atomic mass is 10.3. The van der Waals surface area contributed by atoms with Gasteiger partial charge in [0.2, 0.25) is 0 Å². The zero-order chi connectivity index (χ0) is 18.1. The molecule has 1 aromatic heterocycles. The molecule has 132 valence electrons. The fraction of sp³-hybridized carbons (Fsp3) is 0.222. The summed E-state index contributed by atoms with van der Waals surface area (Å²) >= 11 is 7.31. The molecule has 0 radical (unpaired) electrons. The van der Waals surface area contributed by atoms with Crippen molar-refractivity contribution in [3.05, 3.63) is 57.3 Å². The molecule has 2 rings (SSSR count). The maximum atomic E-state index is 11.6. The lowest BCUT2D eigenvalue weighted by Crippen LogP contribution is -2.31. The van der Waals surface area contributed by atoms with Crippen LogP contribution in [0.1, 0.15) is 10.4 Å². The molecule has 0 atom stereocenters. The molecule has 0 saturated carbocycles. The van der Waals surface area contributed by atoms with Crippen LogP contribution in [0.4, 0.5) is 0 Å². The van der Waals surface area contributed by atoms with E-state index in [-0.39, 0.29) is 12.5 Å². The fourth-order valence-electron chi connectivity index (χ4n) is 1.82. The van der Waals surface area contributed by atoms with Crippen LogP contribution in [0, 0.1) is 6.92 Å². The third-order valence-corrected chi connectivity index (χ3v) is 4.36. The molecule has 1 heterocycles. The molecule has 0 aliphatic heterocycles. The second kappa shape index (κ2) is 9.86. The molecule has 0 bridgehead atoms. The summed E-state index contributed by atoms with van der Waals surface area (Å²) in [6, 6.07) is 8.90. The van der Waals surface area contributed by atoms with Crippen LogP contribution in [0.25, 0.3) is 6.08 Å². The van der Waals surface area contributed by atoms with Gasteiger partial charge < -0.3 is 14.8 Å². The number of carbonyl (C=O) groups excluding carboxylic acids is 2. The quantitative estimate of drug-likeness (QED) is 0.433. The first-order valence-electron chi connectivity index (χ1n) is 7.58. The molecule has 0 fully saturated rings. The number of thiophene rings is 1. The molecule has 2 aromatic rings. The highest BCUT2D eigenvalue weighted by Crippen LogP contribution is 2.17. The van der Waals surface area contributed by atoms with E-state index in [1.54, 1.807) is 30.3 Å². The number of rotatable bonds is 8. The van der Waals surface area contributed by atoms with Crippen LogP contribution < -0.4 is 10.1 Å². The lowest BCUT2D eigenvalue weighted by molar-refractivity contribution is -0.143. The number of carbonyl (C=O) groups is 2. The van der Waals surface area contributed by atoms with Crippen LogP contribution in [0.5, 0.6) is 5.75 Å². The summed E-state index contributed by atoms with van der Waals surface area (Å²) in [5, 5.41) is 5.18. The highest BCUT2D eigenvalue weighted by Gasteiger charge is 2.05.